The van der Waals surface area contributed by atoms with Crippen LogP contribution in [0.1, 0.15) is 19.8 Å². The summed E-state index contributed by atoms with van der Waals surface area (Å²) in [6.07, 6.45) is 0.271. The monoisotopic (exact) mass is 269 g/mol. The van der Waals surface area contributed by atoms with Crippen LogP contribution in [0.4, 0.5) is 4.39 Å². The summed E-state index contributed by atoms with van der Waals surface area (Å²) in [5.74, 6) is -1.95. The maximum Gasteiger partial charge on any atom is 0.326 e. The molecule has 0 unspecified atom stereocenters. The number of carbonyl (C=O) groups is 2. The number of para-hydroxylation sites is 1. The first-order valence-corrected chi connectivity index (χ1v) is 5.94. The predicted molar refractivity (Wildman–Crippen MR) is 66.4 cm³/mol. The number of hydrogen-bond donors (Lipinski definition) is 2. The van der Waals surface area contributed by atoms with Crippen LogP contribution in [0.3, 0.4) is 0 Å². The lowest BCUT2D eigenvalue weighted by molar-refractivity contribution is -0.142. The molecule has 1 atom stereocenters. The molecule has 0 aromatic heterocycles. The second kappa shape index (κ2) is 7.35. The quantitative estimate of drug-likeness (QED) is 0.788. The lowest BCUT2D eigenvalue weighted by Crippen LogP contribution is -2.40. The minimum absolute atomic E-state index is 0.0111. The molecular weight excluding hydrogens is 253 g/mol. The maximum absolute atomic E-state index is 13.2. The summed E-state index contributed by atoms with van der Waals surface area (Å²) in [6, 6.07) is 4.97. The van der Waals surface area contributed by atoms with Crippen molar-refractivity contribution in [2.24, 2.45) is 0 Å². The topological polar surface area (TPSA) is 75.6 Å². The van der Waals surface area contributed by atoms with Gasteiger partial charge in [-0.1, -0.05) is 19.1 Å². The molecule has 0 aliphatic rings. The van der Waals surface area contributed by atoms with Gasteiger partial charge in [-0.15, -0.1) is 0 Å². The molecule has 1 aromatic carbocycles. The summed E-state index contributed by atoms with van der Waals surface area (Å²) >= 11 is 0. The van der Waals surface area contributed by atoms with E-state index < -0.39 is 23.7 Å². The van der Waals surface area contributed by atoms with Crippen LogP contribution in [0.5, 0.6) is 5.75 Å². The number of halogens is 1. The van der Waals surface area contributed by atoms with Gasteiger partial charge in [0.05, 0.1) is 13.0 Å². The molecule has 0 saturated heterocycles. The maximum atomic E-state index is 13.2. The lowest BCUT2D eigenvalue weighted by Gasteiger charge is -2.12. The molecule has 0 fully saturated rings. The Balaban J connectivity index is 2.35. The molecule has 0 spiro atoms. The number of carboxylic acid groups (broad SMARTS) is 1. The van der Waals surface area contributed by atoms with Crippen molar-refractivity contribution in [1.82, 2.24) is 5.32 Å². The molecule has 1 amide bonds. The van der Waals surface area contributed by atoms with E-state index in [1.165, 1.54) is 18.2 Å². The van der Waals surface area contributed by atoms with Gasteiger partial charge in [0.1, 0.15) is 6.04 Å². The van der Waals surface area contributed by atoms with Crippen molar-refractivity contribution < 1.29 is 23.8 Å². The van der Waals surface area contributed by atoms with E-state index in [1.807, 2.05) is 0 Å². The molecule has 0 aliphatic heterocycles. The summed E-state index contributed by atoms with van der Waals surface area (Å²) < 4.78 is 18.3. The first kappa shape index (κ1) is 14.9. The highest BCUT2D eigenvalue weighted by atomic mass is 19.1. The van der Waals surface area contributed by atoms with Crippen molar-refractivity contribution in [2.75, 3.05) is 6.61 Å². The van der Waals surface area contributed by atoms with Crippen molar-refractivity contribution in [3.05, 3.63) is 30.1 Å². The Hall–Kier alpha value is -2.11. The van der Waals surface area contributed by atoms with Crippen LogP contribution in [0.25, 0.3) is 0 Å². The highest BCUT2D eigenvalue weighted by molar-refractivity contribution is 5.83. The number of hydrogen-bond acceptors (Lipinski definition) is 3. The van der Waals surface area contributed by atoms with Crippen LogP contribution in [-0.4, -0.2) is 29.6 Å². The molecule has 1 aromatic rings. The molecular formula is C13H16FNO4. The number of amides is 1. The second-order valence-corrected chi connectivity index (χ2v) is 3.90. The molecule has 5 nitrogen and oxygen atoms in total. The first-order valence-electron chi connectivity index (χ1n) is 5.94. The number of carboxylic acids is 1. The molecule has 104 valence electrons. The second-order valence-electron chi connectivity index (χ2n) is 3.90. The Kier molecular flexibility index (Phi) is 5.78. The minimum Gasteiger partial charge on any atom is -0.490 e. The highest BCUT2D eigenvalue weighted by Gasteiger charge is 2.17. The summed E-state index contributed by atoms with van der Waals surface area (Å²) in [7, 11) is 0. The zero-order chi connectivity index (χ0) is 14.3. The van der Waals surface area contributed by atoms with Gasteiger partial charge in [-0.3, -0.25) is 4.79 Å². The average molecular weight is 269 g/mol. The number of benzene rings is 1. The molecule has 1 rings (SSSR count). The van der Waals surface area contributed by atoms with Crippen LogP contribution in [0.2, 0.25) is 0 Å². The van der Waals surface area contributed by atoms with Crippen LogP contribution in [0, 0.1) is 5.82 Å². The van der Waals surface area contributed by atoms with Crippen molar-refractivity contribution >= 4 is 11.9 Å². The van der Waals surface area contributed by atoms with Gasteiger partial charge >= 0.3 is 5.97 Å². The van der Waals surface area contributed by atoms with Crippen molar-refractivity contribution in [3.8, 4) is 5.75 Å². The Morgan fingerprint density at radius 2 is 2.11 bits per heavy atom. The van der Waals surface area contributed by atoms with E-state index >= 15 is 0 Å². The van der Waals surface area contributed by atoms with E-state index in [-0.39, 0.29) is 18.8 Å². The lowest BCUT2D eigenvalue weighted by atomic mass is 10.2. The van der Waals surface area contributed by atoms with E-state index in [0.717, 1.165) is 0 Å². The fourth-order valence-corrected chi connectivity index (χ4v) is 1.42. The first-order chi connectivity index (χ1) is 9.04. The normalized spacial score (nSPS) is 11.7. The Bertz CT molecular complexity index is 450. The van der Waals surface area contributed by atoms with Crippen LogP contribution >= 0.6 is 0 Å². The van der Waals surface area contributed by atoms with Gasteiger partial charge in [0, 0.05) is 0 Å². The van der Waals surface area contributed by atoms with Crippen molar-refractivity contribution in [2.45, 2.75) is 25.8 Å². The van der Waals surface area contributed by atoms with Crippen molar-refractivity contribution in [3.63, 3.8) is 0 Å². The highest BCUT2D eigenvalue weighted by Crippen LogP contribution is 2.15. The Labute approximate surface area is 110 Å². The smallest absolute Gasteiger partial charge is 0.326 e. The summed E-state index contributed by atoms with van der Waals surface area (Å²) in [5, 5.41) is 11.1. The molecule has 6 heteroatoms. The van der Waals surface area contributed by atoms with Crippen LogP contribution in [0.15, 0.2) is 24.3 Å². The number of rotatable bonds is 7. The van der Waals surface area contributed by atoms with E-state index in [2.05, 4.69) is 5.32 Å². The third kappa shape index (κ3) is 4.95. The van der Waals surface area contributed by atoms with E-state index in [0.29, 0.717) is 6.42 Å². The standard InChI is InChI=1S/C13H16FNO4/c1-2-10(13(17)18)15-12(16)7-8-19-11-6-4-3-5-9(11)14/h3-6,10H,2,7-8H2,1H3,(H,15,16)(H,17,18)/t10-/m1/s1. The van der Waals surface area contributed by atoms with E-state index in [4.69, 9.17) is 9.84 Å². The summed E-state index contributed by atoms with van der Waals surface area (Å²) in [4.78, 5) is 22.2. The van der Waals surface area contributed by atoms with Gasteiger partial charge in [-0.25, -0.2) is 9.18 Å². The summed E-state index contributed by atoms with van der Waals surface area (Å²) in [5.41, 5.74) is 0. The van der Waals surface area contributed by atoms with Gasteiger partial charge in [-0.05, 0) is 18.6 Å². The van der Waals surface area contributed by atoms with Gasteiger partial charge in [0.2, 0.25) is 5.91 Å². The van der Waals surface area contributed by atoms with E-state index in [1.54, 1.807) is 13.0 Å². The molecule has 2 N–H and O–H groups in total. The number of carbonyl (C=O) groups excluding carboxylic acids is 1. The third-order valence-electron chi connectivity index (χ3n) is 2.46. The molecule has 19 heavy (non-hydrogen) atoms. The van der Waals surface area contributed by atoms with Crippen molar-refractivity contribution in [1.29, 1.82) is 0 Å². The van der Waals surface area contributed by atoms with Gasteiger partial charge in [-0.2, -0.15) is 0 Å². The minimum atomic E-state index is -1.08. The largest absolute Gasteiger partial charge is 0.490 e. The number of nitrogens with one attached hydrogen (secondary N) is 1. The fraction of sp³-hybridized carbons (Fsp3) is 0.385. The Morgan fingerprint density at radius 1 is 1.42 bits per heavy atom. The zero-order valence-electron chi connectivity index (χ0n) is 10.6. The molecule has 0 aliphatic carbocycles. The molecule has 0 radical (unpaired) electrons. The van der Waals surface area contributed by atoms with Crippen LogP contribution in [-0.2, 0) is 9.59 Å². The zero-order valence-corrected chi connectivity index (χ0v) is 10.6. The van der Waals surface area contributed by atoms with Crippen LogP contribution < -0.4 is 10.1 Å². The number of aliphatic carboxylic acids is 1. The summed E-state index contributed by atoms with van der Waals surface area (Å²) in [6.45, 7) is 1.65. The van der Waals surface area contributed by atoms with E-state index in [9.17, 15) is 14.0 Å². The average Bonchev–Trinajstić information content (AvgIpc) is 2.38. The van der Waals surface area contributed by atoms with Gasteiger partial charge < -0.3 is 15.2 Å². The predicted octanol–water partition coefficient (Wildman–Crippen LogP) is 1.57. The third-order valence-corrected chi connectivity index (χ3v) is 2.46. The Morgan fingerprint density at radius 3 is 2.68 bits per heavy atom. The van der Waals surface area contributed by atoms with Gasteiger partial charge in [0.15, 0.2) is 11.6 Å². The molecule has 0 saturated carbocycles. The molecule has 0 heterocycles. The fourth-order valence-electron chi connectivity index (χ4n) is 1.42. The molecule has 0 bridgehead atoms. The number of ether oxygens (including phenoxy) is 1. The van der Waals surface area contributed by atoms with Gasteiger partial charge in [0.25, 0.3) is 0 Å². The SMILES string of the molecule is CC[C@@H](NC(=O)CCOc1ccccc1F)C(=O)O.